The first-order valence-electron chi connectivity index (χ1n) is 6.26. The first-order chi connectivity index (χ1) is 9.04. The van der Waals surface area contributed by atoms with Crippen molar-refractivity contribution in [1.82, 2.24) is 5.32 Å². The molecule has 0 fully saturated rings. The second kappa shape index (κ2) is 5.96. The summed E-state index contributed by atoms with van der Waals surface area (Å²) < 4.78 is 0. The lowest BCUT2D eigenvalue weighted by Gasteiger charge is -2.15. The number of benzene rings is 2. The second-order valence-corrected chi connectivity index (χ2v) is 5.48. The van der Waals surface area contributed by atoms with Crippen LogP contribution in [-0.2, 0) is 0 Å². The minimum absolute atomic E-state index is 0.288. The minimum atomic E-state index is 0.288. The lowest BCUT2D eigenvalue weighted by atomic mass is 9.97. The molecule has 2 aromatic carbocycles. The van der Waals surface area contributed by atoms with Crippen LogP contribution in [0.15, 0.2) is 36.4 Å². The Hall–Kier alpha value is -1.02. The molecular formula is C16H17Cl2N. The summed E-state index contributed by atoms with van der Waals surface area (Å²) in [4.78, 5) is 0. The second-order valence-electron chi connectivity index (χ2n) is 4.66. The monoisotopic (exact) mass is 293 g/mol. The van der Waals surface area contributed by atoms with Crippen LogP contribution < -0.4 is 5.32 Å². The minimum Gasteiger partial charge on any atom is -0.313 e. The van der Waals surface area contributed by atoms with Gasteiger partial charge in [0, 0.05) is 21.7 Å². The predicted octanol–water partition coefficient (Wildman–Crippen LogP) is 5.25. The molecule has 0 spiro atoms. The molecule has 0 bridgehead atoms. The molecule has 0 aromatic heterocycles. The average molecular weight is 294 g/mol. The SMILES string of the molecule is CNC(C)c1ccc(Cl)c(-c2cccc(Cl)c2C)c1. The molecule has 0 saturated heterocycles. The van der Waals surface area contributed by atoms with Gasteiger partial charge in [-0.3, -0.25) is 0 Å². The van der Waals surface area contributed by atoms with Gasteiger partial charge in [-0.2, -0.15) is 0 Å². The van der Waals surface area contributed by atoms with E-state index in [0.717, 1.165) is 26.7 Å². The van der Waals surface area contributed by atoms with Crippen molar-refractivity contribution in [2.24, 2.45) is 0 Å². The largest absolute Gasteiger partial charge is 0.313 e. The molecule has 0 aliphatic rings. The van der Waals surface area contributed by atoms with E-state index in [2.05, 4.69) is 24.4 Å². The molecule has 0 heterocycles. The van der Waals surface area contributed by atoms with Gasteiger partial charge in [0.25, 0.3) is 0 Å². The maximum Gasteiger partial charge on any atom is 0.0484 e. The molecule has 0 radical (unpaired) electrons. The molecule has 1 unspecified atom stereocenters. The number of halogens is 2. The summed E-state index contributed by atoms with van der Waals surface area (Å²) >= 11 is 12.5. The summed E-state index contributed by atoms with van der Waals surface area (Å²) in [6.45, 7) is 4.14. The topological polar surface area (TPSA) is 12.0 Å². The normalized spacial score (nSPS) is 12.5. The highest BCUT2D eigenvalue weighted by atomic mass is 35.5. The number of rotatable bonds is 3. The first kappa shape index (κ1) is 14.4. The standard InChI is InChI=1S/C16H17Cl2N/c1-10-13(5-4-6-15(10)17)14-9-12(11(2)19-3)7-8-16(14)18/h4-9,11,19H,1-3H3. The highest BCUT2D eigenvalue weighted by Gasteiger charge is 2.11. The molecule has 0 aliphatic carbocycles. The number of hydrogen-bond donors (Lipinski definition) is 1. The summed E-state index contributed by atoms with van der Waals surface area (Å²) in [7, 11) is 1.95. The fraction of sp³-hybridized carbons (Fsp3) is 0.250. The van der Waals surface area contributed by atoms with Crippen molar-refractivity contribution in [2.45, 2.75) is 19.9 Å². The van der Waals surface area contributed by atoms with E-state index in [1.54, 1.807) is 0 Å². The zero-order chi connectivity index (χ0) is 14.0. The third kappa shape index (κ3) is 2.94. The summed E-state index contributed by atoms with van der Waals surface area (Å²) in [5.74, 6) is 0. The molecule has 0 saturated carbocycles. The molecule has 0 amide bonds. The van der Waals surface area contributed by atoms with Crippen molar-refractivity contribution >= 4 is 23.2 Å². The van der Waals surface area contributed by atoms with Crippen LogP contribution >= 0.6 is 23.2 Å². The van der Waals surface area contributed by atoms with Gasteiger partial charge in [-0.25, -0.2) is 0 Å². The Labute approximate surface area is 124 Å². The molecule has 1 atom stereocenters. The Balaban J connectivity index is 2.58. The highest BCUT2D eigenvalue weighted by molar-refractivity contribution is 6.34. The van der Waals surface area contributed by atoms with Crippen molar-refractivity contribution in [3.8, 4) is 11.1 Å². The van der Waals surface area contributed by atoms with E-state index < -0.39 is 0 Å². The maximum atomic E-state index is 6.34. The van der Waals surface area contributed by atoms with Crippen LogP contribution in [0.3, 0.4) is 0 Å². The van der Waals surface area contributed by atoms with E-state index in [9.17, 15) is 0 Å². The van der Waals surface area contributed by atoms with Gasteiger partial charge in [0.05, 0.1) is 0 Å². The Morgan fingerprint density at radius 1 is 1.00 bits per heavy atom. The van der Waals surface area contributed by atoms with Gasteiger partial charge < -0.3 is 5.32 Å². The van der Waals surface area contributed by atoms with Crippen LogP contribution in [0.5, 0.6) is 0 Å². The number of hydrogen-bond acceptors (Lipinski definition) is 1. The summed E-state index contributed by atoms with van der Waals surface area (Å²) in [5.41, 5.74) is 4.38. The molecule has 0 aliphatic heterocycles. The Morgan fingerprint density at radius 2 is 1.74 bits per heavy atom. The lowest BCUT2D eigenvalue weighted by molar-refractivity contribution is 0.652. The number of nitrogens with one attached hydrogen (secondary N) is 1. The van der Waals surface area contributed by atoms with E-state index in [1.165, 1.54) is 5.56 Å². The molecule has 1 N–H and O–H groups in total. The lowest BCUT2D eigenvalue weighted by Crippen LogP contribution is -2.12. The van der Waals surface area contributed by atoms with E-state index >= 15 is 0 Å². The van der Waals surface area contributed by atoms with Gasteiger partial charge in [-0.1, -0.05) is 41.4 Å². The summed E-state index contributed by atoms with van der Waals surface area (Å²) in [6, 6.07) is 12.3. The van der Waals surface area contributed by atoms with Crippen molar-refractivity contribution in [3.05, 3.63) is 57.6 Å². The van der Waals surface area contributed by atoms with Crippen LogP contribution in [0.2, 0.25) is 10.0 Å². The smallest absolute Gasteiger partial charge is 0.0484 e. The van der Waals surface area contributed by atoms with Gasteiger partial charge in [-0.15, -0.1) is 0 Å². The summed E-state index contributed by atoms with van der Waals surface area (Å²) in [5, 5.41) is 4.75. The van der Waals surface area contributed by atoms with Gasteiger partial charge in [0.15, 0.2) is 0 Å². The van der Waals surface area contributed by atoms with Crippen LogP contribution in [0.1, 0.15) is 24.1 Å². The molecule has 3 heteroatoms. The highest BCUT2D eigenvalue weighted by Crippen LogP contribution is 2.34. The van der Waals surface area contributed by atoms with Crippen LogP contribution in [-0.4, -0.2) is 7.05 Å². The molecule has 100 valence electrons. The Kier molecular flexibility index (Phi) is 4.51. The fourth-order valence-electron chi connectivity index (χ4n) is 2.08. The Morgan fingerprint density at radius 3 is 2.42 bits per heavy atom. The van der Waals surface area contributed by atoms with Crippen LogP contribution in [0, 0.1) is 6.92 Å². The van der Waals surface area contributed by atoms with Gasteiger partial charge in [0.2, 0.25) is 0 Å². The Bertz CT molecular complexity index is 593. The third-order valence-corrected chi connectivity index (χ3v) is 4.22. The van der Waals surface area contributed by atoms with E-state index in [4.69, 9.17) is 23.2 Å². The van der Waals surface area contributed by atoms with E-state index in [-0.39, 0.29) is 6.04 Å². The van der Waals surface area contributed by atoms with Gasteiger partial charge in [-0.05, 0) is 55.8 Å². The van der Waals surface area contributed by atoms with E-state index in [0.29, 0.717) is 0 Å². The van der Waals surface area contributed by atoms with Crippen molar-refractivity contribution in [2.75, 3.05) is 7.05 Å². The molecular weight excluding hydrogens is 277 g/mol. The van der Waals surface area contributed by atoms with Crippen LogP contribution in [0.25, 0.3) is 11.1 Å². The van der Waals surface area contributed by atoms with Gasteiger partial charge >= 0.3 is 0 Å². The molecule has 2 aromatic rings. The average Bonchev–Trinajstić information content (AvgIpc) is 2.42. The summed E-state index contributed by atoms with van der Waals surface area (Å²) in [6.07, 6.45) is 0. The third-order valence-electron chi connectivity index (χ3n) is 3.48. The van der Waals surface area contributed by atoms with Gasteiger partial charge in [0.1, 0.15) is 0 Å². The first-order valence-corrected chi connectivity index (χ1v) is 7.02. The molecule has 2 rings (SSSR count). The van der Waals surface area contributed by atoms with Crippen molar-refractivity contribution in [1.29, 1.82) is 0 Å². The maximum absolute atomic E-state index is 6.34. The zero-order valence-electron chi connectivity index (χ0n) is 11.3. The van der Waals surface area contributed by atoms with Crippen molar-refractivity contribution in [3.63, 3.8) is 0 Å². The molecule has 1 nitrogen and oxygen atoms in total. The van der Waals surface area contributed by atoms with Crippen LogP contribution in [0.4, 0.5) is 0 Å². The quantitative estimate of drug-likeness (QED) is 0.815. The zero-order valence-corrected chi connectivity index (χ0v) is 12.8. The molecule has 19 heavy (non-hydrogen) atoms. The van der Waals surface area contributed by atoms with Crippen molar-refractivity contribution < 1.29 is 0 Å². The predicted molar refractivity (Wildman–Crippen MR) is 84.1 cm³/mol. The fourth-order valence-corrected chi connectivity index (χ4v) is 2.48. The van der Waals surface area contributed by atoms with E-state index in [1.807, 2.05) is 38.2 Å².